The summed E-state index contributed by atoms with van der Waals surface area (Å²) in [6.07, 6.45) is 6.11. The van der Waals surface area contributed by atoms with E-state index in [1.165, 1.54) is 19.3 Å². The quantitative estimate of drug-likeness (QED) is 0.840. The van der Waals surface area contributed by atoms with Gasteiger partial charge in [-0.2, -0.15) is 10.5 Å². The summed E-state index contributed by atoms with van der Waals surface area (Å²) >= 11 is 0. The number of hydrogen-bond acceptors (Lipinski definition) is 3. The van der Waals surface area contributed by atoms with Gasteiger partial charge >= 0.3 is 0 Å². The van der Waals surface area contributed by atoms with Crippen LogP contribution in [-0.2, 0) is 0 Å². The van der Waals surface area contributed by atoms with Crippen molar-refractivity contribution in [2.45, 2.75) is 38.1 Å². The summed E-state index contributed by atoms with van der Waals surface area (Å²) in [5.74, 6) is 0. The molecule has 3 nitrogen and oxygen atoms in total. The molecule has 86 valence electrons. The fourth-order valence-electron chi connectivity index (χ4n) is 2.35. The van der Waals surface area contributed by atoms with Crippen molar-refractivity contribution in [3.63, 3.8) is 0 Å². The standard InChI is InChI=1S/C14H15N3/c15-9-11-5-4-8-14(13(11)10-16)17-12-6-2-1-3-7-12/h4-5,8,12,17H,1-3,6-7H2. The molecular formula is C14H15N3. The van der Waals surface area contributed by atoms with Gasteiger partial charge in [-0.25, -0.2) is 0 Å². The Labute approximate surface area is 102 Å². The molecule has 3 heteroatoms. The van der Waals surface area contributed by atoms with E-state index in [1.54, 1.807) is 6.07 Å². The summed E-state index contributed by atoms with van der Waals surface area (Å²) in [7, 11) is 0. The summed E-state index contributed by atoms with van der Waals surface area (Å²) in [6.45, 7) is 0. The van der Waals surface area contributed by atoms with Gasteiger partial charge in [0.1, 0.15) is 12.1 Å². The van der Waals surface area contributed by atoms with Crippen molar-refractivity contribution in [2.75, 3.05) is 5.32 Å². The highest BCUT2D eigenvalue weighted by molar-refractivity contribution is 5.64. The maximum absolute atomic E-state index is 9.12. The van der Waals surface area contributed by atoms with E-state index >= 15 is 0 Å². The summed E-state index contributed by atoms with van der Waals surface area (Å²) in [5.41, 5.74) is 1.73. The largest absolute Gasteiger partial charge is 0.381 e. The van der Waals surface area contributed by atoms with Crippen molar-refractivity contribution in [3.05, 3.63) is 29.3 Å². The first-order chi connectivity index (χ1) is 8.35. The monoisotopic (exact) mass is 225 g/mol. The van der Waals surface area contributed by atoms with Crippen LogP contribution in [0.2, 0.25) is 0 Å². The Kier molecular flexibility index (Phi) is 3.62. The average molecular weight is 225 g/mol. The van der Waals surface area contributed by atoms with E-state index in [2.05, 4.69) is 17.5 Å². The van der Waals surface area contributed by atoms with Crippen LogP contribution in [0.1, 0.15) is 43.2 Å². The second-order valence-corrected chi connectivity index (χ2v) is 4.43. The number of anilines is 1. The zero-order chi connectivity index (χ0) is 12.1. The number of rotatable bonds is 2. The van der Waals surface area contributed by atoms with Gasteiger partial charge in [0.2, 0.25) is 0 Å². The highest BCUT2D eigenvalue weighted by Crippen LogP contribution is 2.24. The minimum atomic E-state index is 0.449. The molecule has 2 rings (SSSR count). The third kappa shape index (κ3) is 2.57. The Morgan fingerprint density at radius 2 is 1.82 bits per heavy atom. The smallest absolute Gasteiger partial charge is 0.103 e. The van der Waals surface area contributed by atoms with E-state index in [0.717, 1.165) is 18.5 Å². The van der Waals surface area contributed by atoms with Gasteiger partial charge in [0.15, 0.2) is 0 Å². The first-order valence-corrected chi connectivity index (χ1v) is 6.05. The molecule has 17 heavy (non-hydrogen) atoms. The molecule has 0 aromatic heterocycles. The molecule has 1 saturated carbocycles. The molecule has 0 radical (unpaired) electrons. The highest BCUT2D eigenvalue weighted by Gasteiger charge is 2.15. The van der Waals surface area contributed by atoms with E-state index in [9.17, 15) is 0 Å². The third-order valence-corrected chi connectivity index (χ3v) is 3.26. The summed E-state index contributed by atoms with van der Waals surface area (Å²) in [4.78, 5) is 0. The van der Waals surface area contributed by atoms with Crippen molar-refractivity contribution in [1.29, 1.82) is 10.5 Å². The molecule has 0 aliphatic heterocycles. The average Bonchev–Trinajstić information content (AvgIpc) is 2.39. The first-order valence-electron chi connectivity index (χ1n) is 6.05. The summed E-state index contributed by atoms with van der Waals surface area (Å²) in [6, 6.07) is 10.0. The minimum absolute atomic E-state index is 0.449. The number of nitrogens with one attached hydrogen (secondary N) is 1. The Hall–Kier alpha value is -2.00. The van der Waals surface area contributed by atoms with Crippen molar-refractivity contribution in [1.82, 2.24) is 0 Å². The number of benzene rings is 1. The predicted molar refractivity (Wildman–Crippen MR) is 66.4 cm³/mol. The molecule has 0 saturated heterocycles. The van der Waals surface area contributed by atoms with Crippen LogP contribution in [0.4, 0.5) is 5.69 Å². The molecule has 0 atom stereocenters. The van der Waals surface area contributed by atoms with Gasteiger partial charge in [-0.05, 0) is 25.0 Å². The van der Waals surface area contributed by atoms with Gasteiger partial charge in [-0.1, -0.05) is 25.3 Å². The molecule has 1 aromatic carbocycles. The Bertz CT molecular complexity index is 473. The van der Waals surface area contributed by atoms with Crippen LogP contribution in [0.15, 0.2) is 18.2 Å². The van der Waals surface area contributed by atoms with Crippen LogP contribution in [-0.4, -0.2) is 6.04 Å². The van der Waals surface area contributed by atoms with E-state index in [-0.39, 0.29) is 0 Å². The van der Waals surface area contributed by atoms with Crippen LogP contribution < -0.4 is 5.32 Å². The Morgan fingerprint density at radius 3 is 2.47 bits per heavy atom. The molecule has 1 aromatic rings. The molecule has 0 spiro atoms. The second kappa shape index (κ2) is 5.37. The van der Waals surface area contributed by atoms with Gasteiger partial charge in [-0.15, -0.1) is 0 Å². The molecule has 0 amide bonds. The number of nitrogens with zero attached hydrogens (tertiary/aromatic N) is 2. The van der Waals surface area contributed by atoms with E-state index in [1.807, 2.05) is 12.1 Å². The van der Waals surface area contributed by atoms with Crippen molar-refractivity contribution < 1.29 is 0 Å². The lowest BCUT2D eigenvalue weighted by atomic mass is 9.95. The van der Waals surface area contributed by atoms with Crippen molar-refractivity contribution in [2.24, 2.45) is 0 Å². The number of nitriles is 2. The lowest BCUT2D eigenvalue weighted by Gasteiger charge is -2.24. The number of hydrogen-bond donors (Lipinski definition) is 1. The summed E-state index contributed by atoms with van der Waals surface area (Å²) < 4.78 is 0. The zero-order valence-corrected chi connectivity index (χ0v) is 9.74. The van der Waals surface area contributed by atoms with Gasteiger partial charge in [0, 0.05) is 6.04 Å². The topological polar surface area (TPSA) is 59.6 Å². The fraction of sp³-hybridized carbons (Fsp3) is 0.429. The predicted octanol–water partition coefficient (Wildman–Crippen LogP) is 3.17. The molecule has 0 unspecified atom stereocenters. The molecule has 0 bridgehead atoms. The summed E-state index contributed by atoms with van der Waals surface area (Å²) in [5, 5.41) is 21.5. The molecule has 1 aliphatic carbocycles. The van der Waals surface area contributed by atoms with Gasteiger partial charge < -0.3 is 5.32 Å². The maximum Gasteiger partial charge on any atom is 0.103 e. The van der Waals surface area contributed by atoms with E-state index in [4.69, 9.17) is 10.5 Å². The minimum Gasteiger partial charge on any atom is -0.381 e. The van der Waals surface area contributed by atoms with Crippen LogP contribution in [0.25, 0.3) is 0 Å². The third-order valence-electron chi connectivity index (χ3n) is 3.26. The maximum atomic E-state index is 9.12. The molecule has 1 N–H and O–H groups in total. The lowest BCUT2D eigenvalue weighted by Crippen LogP contribution is -2.22. The Balaban J connectivity index is 2.21. The van der Waals surface area contributed by atoms with Crippen molar-refractivity contribution in [3.8, 4) is 12.1 Å². The normalized spacial score (nSPS) is 15.9. The highest BCUT2D eigenvalue weighted by atomic mass is 14.9. The van der Waals surface area contributed by atoms with Crippen LogP contribution >= 0.6 is 0 Å². The van der Waals surface area contributed by atoms with E-state index in [0.29, 0.717) is 17.2 Å². The second-order valence-electron chi connectivity index (χ2n) is 4.43. The molecule has 1 fully saturated rings. The van der Waals surface area contributed by atoms with Crippen LogP contribution in [0.3, 0.4) is 0 Å². The zero-order valence-electron chi connectivity index (χ0n) is 9.74. The Morgan fingerprint density at radius 1 is 1.06 bits per heavy atom. The lowest BCUT2D eigenvalue weighted by molar-refractivity contribution is 0.462. The fourth-order valence-corrected chi connectivity index (χ4v) is 2.35. The van der Waals surface area contributed by atoms with Crippen molar-refractivity contribution >= 4 is 5.69 Å². The van der Waals surface area contributed by atoms with E-state index < -0.39 is 0 Å². The molecular weight excluding hydrogens is 210 g/mol. The van der Waals surface area contributed by atoms with Crippen LogP contribution in [0.5, 0.6) is 0 Å². The first kappa shape index (κ1) is 11.5. The van der Waals surface area contributed by atoms with Gasteiger partial charge in [0.05, 0.1) is 16.8 Å². The van der Waals surface area contributed by atoms with Gasteiger partial charge in [-0.3, -0.25) is 0 Å². The van der Waals surface area contributed by atoms with Gasteiger partial charge in [0.25, 0.3) is 0 Å². The SMILES string of the molecule is N#Cc1cccc(NC2CCCCC2)c1C#N. The van der Waals surface area contributed by atoms with Crippen LogP contribution in [0, 0.1) is 22.7 Å². The molecule has 0 heterocycles. The molecule has 1 aliphatic rings.